The second-order valence-corrected chi connectivity index (χ2v) is 7.79. The number of nitrogens with zero attached hydrogens (tertiary/aromatic N) is 1. The number of hydroxylamine groups is 2. The molecule has 0 unspecified atom stereocenters. The Morgan fingerprint density at radius 2 is 1.75 bits per heavy atom. The van der Waals surface area contributed by atoms with E-state index >= 15 is 0 Å². The van der Waals surface area contributed by atoms with Crippen LogP contribution in [-0.2, 0) is 14.4 Å². The second-order valence-electron chi connectivity index (χ2n) is 7.79. The average Bonchev–Trinajstić information content (AvgIpc) is 2.42. The minimum Gasteiger partial charge on any atom is -0.459 e. The third-order valence-electron chi connectivity index (χ3n) is 4.15. The van der Waals surface area contributed by atoms with Crippen molar-refractivity contribution in [3.05, 3.63) is 12.2 Å². The van der Waals surface area contributed by atoms with Crippen LogP contribution in [0.5, 0.6) is 0 Å². The monoisotopic (exact) mass is 340 g/mol. The van der Waals surface area contributed by atoms with Gasteiger partial charge in [-0.3, -0.25) is 0 Å². The van der Waals surface area contributed by atoms with Crippen molar-refractivity contribution < 1.29 is 19.2 Å². The number of piperidine rings is 1. The molecule has 1 fully saturated rings. The minimum absolute atomic E-state index is 0.234. The zero-order valence-corrected chi connectivity index (χ0v) is 15.9. The standard InChI is InChI=1S/C18H32N2O4/c1-8-9-10-19-16(22)24-20-17(4,5)11-14(12-18(20,6)7)23-15(21)13(2)3/h14H,2,8-12H2,1,3-7H3,(H,19,22). The molecular weight excluding hydrogens is 308 g/mol. The van der Waals surface area contributed by atoms with Crippen LogP contribution in [0.3, 0.4) is 0 Å². The smallest absolute Gasteiger partial charge is 0.426 e. The lowest BCUT2D eigenvalue weighted by atomic mass is 9.80. The lowest BCUT2D eigenvalue weighted by Gasteiger charge is -2.52. The minimum atomic E-state index is -0.454. The molecule has 0 atom stereocenters. The Kier molecular flexibility index (Phi) is 6.84. The fourth-order valence-corrected chi connectivity index (χ4v) is 3.24. The molecule has 6 heteroatoms. The highest BCUT2D eigenvalue weighted by Crippen LogP contribution is 2.40. The Balaban J connectivity index is 2.76. The first-order valence-electron chi connectivity index (χ1n) is 8.62. The summed E-state index contributed by atoms with van der Waals surface area (Å²) in [6, 6.07) is 0. The van der Waals surface area contributed by atoms with E-state index in [4.69, 9.17) is 9.57 Å². The van der Waals surface area contributed by atoms with Crippen LogP contribution in [0, 0.1) is 0 Å². The van der Waals surface area contributed by atoms with Crippen LogP contribution in [0.2, 0.25) is 0 Å². The molecule has 1 aliphatic heterocycles. The summed E-state index contributed by atoms with van der Waals surface area (Å²) in [5.74, 6) is -0.377. The molecule has 0 radical (unpaired) electrons. The molecule has 0 aromatic rings. The molecule has 1 rings (SSSR count). The van der Waals surface area contributed by atoms with Gasteiger partial charge in [-0.15, -0.1) is 5.06 Å². The van der Waals surface area contributed by atoms with Crippen LogP contribution in [0.15, 0.2) is 12.2 Å². The van der Waals surface area contributed by atoms with Gasteiger partial charge in [-0.25, -0.2) is 9.59 Å². The zero-order valence-electron chi connectivity index (χ0n) is 15.9. The third-order valence-corrected chi connectivity index (χ3v) is 4.15. The van der Waals surface area contributed by atoms with Gasteiger partial charge in [0, 0.05) is 25.0 Å². The van der Waals surface area contributed by atoms with Crippen molar-refractivity contribution in [1.82, 2.24) is 10.4 Å². The van der Waals surface area contributed by atoms with Gasteiger partial charge in [0.1, 0.15) is 6.10 Å². The molecule has 0 aromatic heterocycles. The second kappa shape index (κ2) is 8.01. The third kappa shape index (κ3) is 5.51. The highest BCUT2D eigenvalue weighted by atomic mass is 16.7. The zero-order chi connectivity index (χ0) is 18.5. The van der Waals surface area contributed by atoms with Crippen molar-refractivity contribution in [3.8, 4) is 0 Å². The molecule has 0 saturated carbocycles. The number of ether oxygens (including phenoxy) is 1. The van der Waals surface area contributed by atoms with E-state index in [0.29, 0.717) is 25.0 Å². The maximum Gasteiger partial charge on any atom is 0.426 e. The first kappa shape index (κ1) is 20.5. The number of nitrogens with one attached hydrogen (secondary N) is 1. The fourth-order valence-electron chi connectivity index (χ4n) is 3.24. The summed E-state index contributed by atoms with van der Waals surface area (Å²) in [7, 11) is 0. The van der Waals surface area contributed by atoms with Crippen molar-refractivity contribution in [2.75, 3.05) is 6.54 Å². The van der Waals surface area contributed by atoms with E-state index in [2.05, 4.69) is 18.8 Å². The average molecular weight is 340 g/mol. The van der Waals surface area contributed by atoms with E-state index in [1.807, 2.05) is 27.7 Å². The maximum absolute atomic E-state index is 12.0. The summed E-state index contributed by atoms with van der Waals surface area (Å²) >= 11 is 0. The van der Waals surface area contributed by atoms with E-state index in [0.717, 1.165) is 12.8 Å². The van der Waals surface area contributed by atoms with Gasteiger partial charge in [-0.2, -0.15) is 0 Å². The molecule has 1 amide bonds. The Morgan fingerprint density at radius 1 is 1.21 bits per heavy atom. The number of esters is 1. The number of amides is 1. The Hall–Kier alpha value is -1.56. The van der Waals surface area contributed by atoms with E-state index in [-0.39, 0.29) is 12.1 Å². The van der Waals surface area contributed by atoms with Crippen molar-refractivity contribution in [3.63, 3.8) is 0 Å². The molecule has 1 heterocycles. The van der Waals surface area contributed by atoms with Crippen LogP contribution in [0.1, 0.15) is 67.2 Å². The van der Waals surface area contributed by atoms with Gasteiger partial charge >= 0.3 is 12.1 Å². The highest BCUT2D eigenvalue weighted by molar-refractivity contribution is 5.87. The van der Waals surface area contributed by atoms with Crippen molar-refractivity contribution in [2.45, 2.75) is 84.4 Å². The Labute approximate surface area is 145 Å². The van der Waals surface area contributed by atoms with E-state index < -0.39 is 17.2 Å². The van der Waals surface area contributed by atoms with E-state index in [1.165, 1.54) is 0 Å². The van der Waals surface area contributed by atoms with Gasteiger partial charge in [0.2, 0.25) is 0 Å². The molecule has 1 N–H and O–H groups in total. The lowest BCUT2D eigenvalue weighted by molar-refractivity contribution is -0.256. The summed E-state index contributed by atoms with van der Waals surface area (Å²) in [4.78, 5) is 29.4. The van der Waals surface area contributed by atoms with Crippen molar-refractivity contribution in [1.29, 1.82) is 0 Å². The molecule has 0 aromatic carbocycles. The van der Waals surface area contributed by atoms with Gasteiger partial charge in [0.25, 0.3) is 0 Å². The number of hydrogen-bond donors (Lipinski definition) is 1. The molecular formula is C18H32N2O4. The predicted molar refractivity (Wildman–Crippen MR) is 93.3 cm³/mol. The molecule has 24 heavy (non-hydrogen) atoms. The highest BCUT2D eigenvalue weighted by Gasteiger charge is 2.49. The lowest BCUT2D eigenvalue weighted by Crippen LogP contribution is -2.63. The molecule has 6 nitrogen and oxygen atoms in total. The van der Waals surface area contributed by atoms with E-state index in [1.54, 1.807) is 12.0 Å². The quantitative estimate of drug-likeness (QED) is 0.455. The van der Waals surface area contributed by atoms with Gasteiger partial charge in [0.15, 0.2) is 0 Å². The molecule has 138 valence electrons. The maximum atomic E-state index is 12.0. The molecule has 0 aliphatic carbocycles. The van der Waals surface area contributed by atoms with Gasteiger partial charge in [0.05, 0.1) is 11.1 Å². The number of carbonyl (C=O) groups is 2. The Bertz CT molecular complexity index is 467. The summed E-state index contributed by atoms with van der Waals surface area (Å²) in [6.07, 6.45) is 2.41. The van der Waals surface area contributed by atoms with Crippen LogP contribution < -0.4 is 5.32 Å². The van der Waals surface area contributed by atoms with Crippen LogP contribution in [0.25, 0.3) is 0 Å². The van der Waals surface area contributed by atoms with Crippen LogP contribution >= 0.6 is 0 Å². The molecule has 0 bridgehead atoms. The SMILES string of the molecule is C=C(C)C(=O)OC1CC(C)(C)N(OC(=O)NCCCC)C(C)(C)C1. The number of unbranched alkanes of at least 4 members (excludes halogenated alkanes) is 1. The van der Waals surface area contributed by atoms with Crippen molar-refractivity contribution >= 4 is 12.1 Å². The number of carbonyl (C=O) groups excluding carboxylic acids is 2. The number of hydrogen-bond acceptors (Lipinski definition) is 5. The van der Waals surface area contributed by atoms with Gasteiger partial charge in [-0.05, 0) is 41.0 Å². The van der Waals surface area contributed by atoms with Crippen LogP contribution in [0.4, 0.5) is 4.79 Å². The summed E-state index contributed by atoms with van der Waals surface area (Å²) in [5, 5.41) is 4.49. The van der Waals surface area contributed by atoms with Gasteiger partial charge in [-0.1, -0.05) is 19.9 Å². The van der Waals surface area contributed by atoms with Crippen molar-refractivity contribution in [2.24, 2.45) is 0 Å². The first-order chi connectivity index (χ1) is 11.0. The van der Waals surface area contributed by atoms with Crippen LogP contribution in [-0.4, -0.2) is 40.9 Å². The summed E-state index contributed by atoms with van der Waals surface area (Å²) in [6.45, 7) is 15.8. The van der Waals surface area contributed by atoms with Gasteiger partial charge < -0.3 is 14.9 Å². The topological polar surface area (TPSA) is 67.9 Å². The fraction of sp³-hybridized carbons (Fsp3) is 0.778. The van der Waals surface area contributed by atoms with E-state index in [9.17, 15) is 9.59 Å². The number of rotatable bonds is 6. The molecule has 1 saturated heterocycles. The summed E-state index contributed by atoms with van der Waals surface area (Å²) < 4.78 is 5.54. The first-order valence-corrected chi connectivity index (χ1v) is 8.62. The largest absolute Gasteiger partial charge is 0.459 e. The molecule has 0 spiro atoms. The summed E-state index contributed by atoms with van der Waals surface area (Å²) in [5.41, 5.74) is -0.520. The predicted octanol–water partition coefficient (Wildman–Crippen LogP) is 3.57. The Morgan fingerprint density at radius 3 is 2.21 bits per heavy atom. The normalized spacial score (nSPS) is 20.2. The molecule has 1 aliphatic rings.